The summed E-state index contributed by atoms with van der Waals surface area (Å²) >= 11 is 0. The van der Waals surface area contributed by atoms with Crippen molar-refractivity contribution >= 4 is 16.7 Å². The summed E-state index contributed by atoms with van der Waals surface area (Å²) in [6.07, 6.45) is 1.96. The summed E-state index contributed by atoms with van der Waals surface area (Å²) in [5.41, 5.74) is 2.00. The van der Waals surface area contributed by atoms with E-state index in [-0.39, 0.29) is 18.1 Å². The van der Waals surface area contributed by atoms with Gasteiger partial charge < -0.3 is 15.4 Å². The highest BCUT2D eigenvalue weighted by Gasteiger charge is 2.22. The molecular formula is C24H26N2O2. The lowest BCUT2D eigenvalue weighted by atomic mass is 10.0. The molecule has 0 fully saturated rings. The van der Waals surface area contributed by atoms with E-state index in [0.717, 1.165) is 48.0 Å². The number of hydrogen-bond donors (Lipinski definition) is 2. The van der Waals surface area contributed by atoms with Gasteiger partial charge in [-0.3, -0.25) is 4.79 Å². The number of benzene rings is 3. The number of rotatable bonds is 7. The van der Waals surface area contributed by atoms with Crippen LogP contribution in [0.1, 0.15) is 29.3 Å². The minimum atomic E-state index is -0.0185. The number of ether oxygens (including phenoxy) is 1. The van der Waals surface area contributed by atoms with Crippen molar-refractivity contribution in [2.24, 2.45) is 0 Å². The topological polar surface area (TPSA) is 50.4 Å². The number of amides is 1. The zero-order valence-corrected chi connectivity index (χ0v) is 16.2. The Labute approximate surface area is 165 Å². The molecule has 0 radical (unpaired) electrons. The Morgan fingerprint density at radius 1 is 1.07 bits per heavy atom. The highest BCUT2D eigenvalue weighted by atomic mass is 16.5. The van der Waals surface area contributed by atoms with Gasteiger partial charge in [0.05, 0.1) is 0 Å². The average Bonchev–Trinajstić information content (AvgIpc) is 3.15. The number of hydrogen-bond acceptors (Lipinski definition) is 3. The molecule has 1 amide bonds. The van der Waals surface area contributed by atoms with Crippen LogP contribution in [0.2, 0.25) is 0 Å². The summed E-state index contributed by atoms with van der Waals surface area (Å²) in [6, 6.07) is 22.1. The first-order chi connectivity index (χ1) is 13.7. The van der Waals surface area contributed by atoms with Crippen molar-refractivity contribution in [1.29, 1.82) is 0 Å². The van der Waals surface area contributed by atoms with Crippen molar-refractivity contribution in [2.45, 2.75) is 31.9 Å². The third-order valence-corrected chi connectivity index (χ3v) is 5.34. The first kappa shape index (κ1) is 18.5. The Hall–Kier alpha value is -2.85. The standard InChI is InChI=1S/C24H26N2O2/c1-2-19(15-25-16-20-14-18-9-4-6-13-23(18)28-20)26-24(27)22-12-7-10-17-8-3-5-11-21(17)22/h3-13,19-20,25H,2,14-16H2,1H3,(H,26,27). The van der Waals surface area contributed by atoms with Gasteiger partial charge in [0.15, 0.2) is 0 Å². The maximum Gasteiger partial charge on any atom is 0.252 e. The lowest BCUT2D eigenvalue weighted by molar-refractivity contribution is 0.0936. The Bertz CT molecular complexity index is 939. The summed E-state index contributed by atoms with van der Waals surface area (Å²) in [5.74, 6) is 0.973. The summed E-state index contributed by atoms with van der Waals surface area (Å²) in [4.78, 5) is 12.8. The minimum Gasteiger partial charge on any atom is -0.488 e. The monoisotopic (exact) mass is 374 g/mol. The Balaban J connectivity index is 1.32. The molecule has 0 bridgehead atoms. The number of fused-ring (bicyclic) bond motifs is 2. The molecule has 4 rings (SSSR count). The molecule has 144 valence electrons. The van der Waals surface area contributed by atoms with Gasteiger partial charge in [-0.2, -0.15) is 0 Å². The first-order valence-electron chi connectivity index (χ1n) is 9.98. The smallest absolute Gasteiger partial charge is 0.252 e. The largest absolute Gasteiger partial charge is 0.488 e. The van der Waals surface area contributed by atoms with Crippen LogP contribution in [0.25, 0.3) is 10.8 Å². The van der Waals surface area contributed by atoms with E-state index in [0.29, 0.717) is 0 Å². The van der Waals surface area contributed by atoms with E-state index in [1.165, 1.54) is 5.56 Å². The summed E-state index contributed by atoms with van der Waals surface area (Å²) < 4.78 is 5.97. The van der Waals surface area contributed by atoms with Crippen molar-refractivity contribution in [3.63, 3.8) is 0 Å². The molecule has 2 N–H and O–H groups in total. The van der Waals surface area contributed by atoms with Crippen molar-refractivity contribution in [3.8, 4) is 5.75 Å². The van der Waals surface area contributed by atoms with Gasteiger partial charge in [-0.15, -0.1) is 0 Å². The molecule has 2 unspecified atom stereocenters. The molecule has 0 saturated carbocycles. The van der Waals surface area contributed by atoms with Crippen molar-refractivity contribution in [1.82, 2.24) is 10.6 Å². The number of carbonyl (C=O) groups excluding carboxylic acids is 1. The highest BCUT2D eigenvalue weighted by Crippen LogP contribution is 2.27. The molecule has 2 atom stereocenters. The predicted molar refractivity (Wildman–Crippen MR) is 113 cm³/mol. The number of nitrogens with one attached hydrogen (secondary N) is 2. The van der Waals surface area contributed by atoms with E-state index >= 15 is 0 Å². The molecule has 0 aromatic heterocycles. The maximum absolute atomic E-state index is 12.8. The van der Waals surface area contributed by atoms with E-state index in [4.69, 9.17) is 4.74 Å². The van der Waals surface area contributed by atoms with Gasteiger partial charge in [0, 0.05) is 31.1 Å². The fourth-order valence-electron chi connectivity index (χ4n) is 3.77. The number of carbonyl (C=O) groups is 1. The van der Waals surface area contributed by atoms with Crippen molar-refractivity contribution < 1.29 is 9.53 Å². The fourth-order valence-corrected chi connectivity index (χ4v) is 3.77. The fraction of sp³-hybridized carbons (Fsp3) is 0.292. The van der Waals surface area contributed by atoms with Gasteiger partial charge in [0.1, 0.15) is 11.9 Å². The molecule has 0 saturated heterocycles. The quantitative estimate of drug-likeness (QED) is 0.659. The van der Waals surface area contributed by atoms with Gasteiger partial charge in [0.25, 0.3) is 5.91 Å². The minimum absolute atomic E-state index is 0.0185. The highest BCUT2D eigenvalue weighted by molar-refractivity contribution is 6.07. The summed E-state index contributed by atoms with van der Waals surface area (Å²) in [6.45, 7) is 3.59. The molecule has 28 heavy (non-hydrogen) atoms. The van der Waals surface area contributed by atoms with Crippen LogP contribution in [0.3, 0.4) is 0 Å². The van der Waals surface area contributed by atoms with Crippen LogP contribution in [0, 0.1) is 0 Å². The predicted octanol–water partition coefficient (Wildman–Crippen LogP) is 3.94. The summed E-state index contributed by atoms with van der Waals surface area (Å²) in [5, 5.41) is 8.71. The zero-order chi connectivity index (χ0) is 19.3. The molecule has 1 heterocycles. The van der Waals surface area contributed by atoms with Gasteiger partial charge in [0.2, 0.25) is 0 Å². The second-order valence-electron chi connectivity index (χ2n) is 7.32. The molecule has 1 aliphatic rings. The second-order valence-corrected chi connectivity index (χ2v) is 7.32. The lowest BCUT2D eigenvalue weighted by Crippen LogP contribution is -2.43. The van der Waals surface area contributed by atoms with E-state index in [1.807, 2.05) is 60.7 Å². The molecule has 4 heteroatoms. The Kier molecular flexibility index (Phi) is 5.58. The van der Waals surface area contributed by atoms with Crippen LogP contribution in [0.5, 0.6) is 5.75 Å². The van der Waals surface area contributed by atoms with E-state index < -0.39 is 0 Å². The normalized spacial score (nSPS) is 16.4. The zero-order valence-electron chi connectivity index (χ0n) is 16.2. The third-order valence-electron chi connectivity index (χ3n) is 5.34. The molecular weight excluding hydrogens is 348 g/mol. The molecule has 1 aliphatic heterocycles. The number of para-hydroxylation sites is 1. The Morgan fingerprint density at radius 3 is 2.71 bits per heavy atom. The van der Waals surface area contributed by atoms with Crippen molar-refractivity contribution in [3.05, 3.63) is 77.9 Å². The molecule has 3 aromatic carbocycles. The molecule has 0 aliphatic carbocycles. The van der Waals surface area contributed by atoms with Gasteiger partial charge >= 0.3 is 0 Å². The van der Waals surface area contributed by atoms with Crippen LogP contribution >= 0.6 is 0 Å². The second kappa shape index (κ2) is 8.44. The molecule has 3 aromatic rings. The maximum atomic E-state index is 12.8. The van der Waals surface area contributed by atoms with Gasteiger partial charge in [-0.25, -0.2) is 0 Å². The van der Waals surface area contributed by atoms with E-state index in [2.05, 4.69) is 23.6 Å². The third kappa shape index (κ3) is 4.02. The molecule has 4 nitrogen and oxygen atoms in total. The SMILES string of the molecule is CCC(CNCC1Cc2ccccc2O1)NC(=O)c1cccc2ccccc12. The van der Waals surface area contributed by atoms with Crippen molar-refractivity contribution in [2.75, 3.05) is 13.1 Å². The lowest BCUT2D eigenvalue weighted by Gasteiger charge is -2.20. The van der Waals surface area contributed by atoms with Crippen LogP contribution in [0.4, 0.5) is 0 Å². The van der Waals surface area contributed by atoms with E-state index in [1.54, 1.807) is 0 Å². The van der Waals surface area contributed by atoms with E-state index in [9.17, 15) is 4.79 Å². The van der Waals surface area contributed by atoms with Gasteiger partial charge in [-0.05, 0) is 34.9 Å². The van der Waals surface area contributed by atoms with Crippen LogP contribution in [-0.2, 0) is 6.42 Å². The van der Waals surface area contributed by atoms with Crippen LogP contribution in [0.15, 0.2) is 66.7 Å². The average molecular weight is 374 g/mol. The molecule has 0 spiro atoms. The first-order valence-corrected chi connectivity index (χ1v) is 9.98. The Morgan fingerprint density at radius 2 is 1.86 bits per heavy atom. The van der Waals surface area contributed by atoms with Crippen LogP contribution < -0.4 is 15.4 Å². The summed E-state index contributed by atoms with van der Waals surface area (Å²) in [7, 11) is 0. The van der Waals surface area contributed by atoms with Gasteiger partial charge in [-0.1, -0.05) is 61.5 Å². The van der Waals surface area contributed by atoms with Crippen LogP contribution in [-0.4, -0.2) is 31.1 Å².